The Kier molecular flexibility index (Phi) is 4.29. The second-order valence-electron chi connectivity index (χ2n) is 5.57. The number of benzene rings is 2. The molecule has 3 aromatic rings. The molecule has 120 valence electrons. The Morgan fingerprint density at radius 1 is 0.917 bits per heavy atom. The molecule has 4 heteroatoms. The van der Waals surface area contributed by atoms with Crippen molar-refractivity contribution in [1.29, 1.82) is 0 Å². The fourth-order valence-corrected chi connectivity index (χ4v) is 2.63. The van der Waals surface area contributed by atoms with Crippen LogP contribution in [0, 0.1) is 0 Å². The molecule has 0 unspecified atom stereocenters. The lowest BCUT2D eigenvalue weighted by Crippen LogP contribution is -2.11. The van der Waals surface area contributed by atoms with Crippen molar-refractivity contribution in [3.63, 3.8) is 0 Å². The number of esters is 1. The fraction of sp³-hybridized carbons (Fsp3) is 0.100. The minimum absolute atomic E-state index is 0.0562. The van der Waals surface area contributed by atoms with Gasteiger partial charge in [0.2, 0.25) is 0 Å². The number of hydrogen-bond donors (Lipinski definition) is 0. The van der Waals surface area contributed by atoms with E-state index in [9.17, 15) is 9.59 Å². The molecule has 2 aromatic carbocycles. The summed E-state index contributed by atoms with van der Waals surface area (Å²) < 4.78 is 6.97. The van der Waals surface area contributed by atoms with Crippen LogP contribution in [0.2, 0.25) is 0 Å². The molecule has 0 N–H and O–H groups in total. The predicted octanol–water partition coefficient (Wildman–Crippen LogP) is 3.64. The first-order valence-electron chi connectivity index (χ1n) is 7.59. The summed E-state index contributed by atoms with van der Waals surface area (Å²) in [6.45, 7) is 1.35. The summed E-state index contributed by atoms with van der Waals surface area (Å²) in [5.41, 5.74) is 2.73. The number of aryl methyl sites for hydroxylation is 1. The third-order valence-corrected chi connectivity index (χ3v) is 3.65. The molecule has 1 aromatic heterocycles. The zero-order valence-electron chi connectivity index (χ0n) is 13.5. The number of hydrogen-bond acceptors (Lipinski definition) is 3. The van der Waals surface area contributed by atoms with Gasteiger partial charge in [0, 0.05) is 37.5 Å². The van der Waals surface area contributed by atoms with Gasteiger partial charge in [0.1, 0.15) is 5.75 Å². The summed E-state index contributed by atoms with van der Waals surface area (Å²) in [4.78, 5) is 24.1. The molecule has 0 spiro atoms. The number of carbonyl (C=O) groups is 1. The van der Waals surface area contributed by atoms with E-state index in [2.05, 4.69) is 0 Å². The first-order valence-corrected chi connectivity index (χ1v) is 7.59. The molecular formula is C20H17NO3. The third-order valence-electron chi connectivity index (χ3n) is 3.65. The van der Waals surface area contributed by atoms with Crippen LogP contribution in [-0.2, 0) is 11.8 Å². The van der Waals surface area contributed by atoms with E-state index in [4.69, 9.17) is 4.74 Å². The molecule has 24 heavy (non-hydrogen) atoms. The average molecular weight is 319 g/mol. The Labute approximate surface area is 140 Å². The van der Waals surface area contributed by atoms with E-state index in [1.165, 1.54) is 6.92 Å². The zero-order chi connectivity index (χ0) is 17.1. The molecular weight excluding hydrogens is 302 g/mol. The predicted molar refractivity (Wildman–Crippen MR) is 93.9 cm³/mol. The van der Waals surface area contributed by atoms with E-state index in [0.717, 1.165) is 5.56 Å². The molecule has 0 bridgehead atoms. The lowest BCUT2D eigenvalue weighted by atomic mass is 10.0. The number of rotatable bonds is 3. The van der Waals surface area contributed by atoms with Crippen LogP contribution in [0.1, 0.15) is 6.92 Å². The first kappa shape index (κ1) is 15.7. The highest BCUT2D eigenvalue weighted by molar-refractivity contribution is 5.74. The van der Waals surface area contributed by atoms with Crippen molar-refractivity contribution < 1.29 is 9.53 Å². The van der Waals surface area contributed by atoms with Gasteiger partial charge in [-0.15, -0.1) is 0 Å². The number of carbonyl (C=O) groups excluding carboxylic acids is 1. The van der Waals surface area contributed by atoms with E-state index in [-0.39, 0.29) is 5.43 Å². The molecule has 0 aliphatic rings. The van der Waals surface area contributed by atoms with Crippen molar-refractivity contribution in [3.05, 3.63) is 77.2 Å². The Bertz CT molecular complexity index is 943. The normalized spacial score (nSPS) is 10.4. The van der Waals surface area contributed by atoms with Crippen molar-refractivity contribution in [3.8, 4) is 28.0 Å². The first-order chi connectivity index (χ1) is 11.5. The van der Waals surface area contributed by atoms with Crippen LogP contribution < -0.4 is 10.2 Å². The molecule has 0 atom stereocenters. The van der Waals surface area contributed by atoms with E-state index >= 15 is 0 Å². The van der Waals surface area contributed by atoms with Crippen LogP contribution in [0.5, 0.6) is 5.75 Å². The molecule has 1 heterocycles. The van der Waals surface area contributed by atoms with Crippen LogP contribution in [0.4, 0.5) is 0 Å². The summed E-state index contributed by atoms with van der Waals surface area (Å²) in [5, 5.41) is 0. The van der Waals surface area contributed by atoms with Gasteiger partial charge in [0.15, 0.2) is 5.43 Å². The molecule has 4 nitrogen and oxygen atoms in total. The van der Waals surface area contributed by atoms with Gasteiger partial charge >= 0.3 is 5.97 Å². The quantitative estimate of drug-likeness (QED) is 0.547. The SMILES string of the molecule is CC(=O)Oc1cccc(-c2cn(C)cc(-c3ccccc3)c2=O)c1. The van der Waals surface area contributed by atoms with Crippen LogP contribution >= 0.6 is 0 Å². The molecule has 0 fully saturated rings. The van der Waals surface area contributed by atoms with E-state index in [1.54, 1.807) is 24.4 Å². The fourth-order valence-electron chi connectivity index (χ4n) is 2.63. The molecule has 0 saturated carbocycles. The number of aromatic nitrogens is 1. The highest BCUT2D eigenvalue weighted by Crippen LogP contribution is 2.24. The van der Waals surface area contributed by atoms with E-state index in [0.29, 0.717) is 22.4 Å². The average Bonchev–Trinajstić information content (AvgIpc) is 2.57. The van der Waals surface area contributed by atoms with Crippen molar-refractivity contribution in [2.75, 3.05) is 0 Å². The van der Waals surface area contributed by atoms with E-state index in [1.807, 2.05) is 54.2 Å². The molecule has 3 rings (SSSR count). The summed E-state index contributed by atoms with van der Waals surface area (Å²) >= 11 is 0. The second-order valence-corrected chi connectivity index (χ2v) is 5.57. The highest BCUT2D eigenvalue weighted by Gasteiger charge is 2.11. The maximum Gasteiger partial charge on any atom is 0.308 e. The lowest BCUT2D eigenvalue weighted by Gasteiger charge is -2.10. The summed E-state index contributed by atoms with van der Waals surface area (Å²) in [5.74, 6) is 0.0326. The zero-order valence-corrected chi connectivity index (χ0v) is 13.5. The number of nitrogens with zero attached hydrogens (tertiary/aromatic N) is 1. The third kappa shape index (κ3) is 3.27. The van der Waals surface area contributed by atoms with Crippen LogP contribution in [0.15, 0.2) is 71.8 Å². The monoisotopic (exact) mass is 319 g/mol. The van der Waals surface area contributed by atoms with Gasteiger partial charge in [0.25, 0.3) is 0 Å². The van der Waals surface area contributed by atoms with Gasteiger partial charge in [-0.3, -0.25) is 9.59 Å². The van der Waals surface area contributed by atoms with Crippen LogP contribution in [0.3, 0.4) is 0 Å². The molecule has 0 radical (unpaired) electrons. The van der Waals surface area contributed by atoms with Crippen molar-refractivity contribution in [2.24, 2.45) is 7.05 Å². The van der Waals surface area contributed by atoms with Gasteiger partial charge < -0.3 is 9.30 Å². The molecule has 0 amide bonds. The Balaban J connectivity index is 2.14. The topological polar surface area (TPSA) is 48.3 Å². The summed E-state index contributed by atoms with van der Waals surface area (Å²) in [6, 6.07) is 16.5. The highest BCUT2D eigenvalue weighted by atomic mass is 16.5. The van der Waals surface area contributed by atoms with Crippen molar-refractivity contribution >= 4 is 5.97 Å². The molecule has 0 aliphatic carbocycles. The van der Waals surface area contributed by atoms with Gasteiger partial charge in [-0.05, 0) is 23.3 Å². The van der Waals surface area contributed by atoms with E-state index < -0.39 is 5.97 Å². The Morgan fingerprint density at radius 2 is 1.54 bits per heavy atom. The largest absolute Gasteiger partial charge is 0.427 e. The second kappa shape index (κ2) is 6.54. The van der Waals surface area contributed by atoms with Crippen LogP contribution in [-0.4, -0.2) is 10.5 Å². The van der Waals surface area contributed by atoms with Gasteiger partial charge in [-0.25, -0.2) is 0 Å². The van der Waals surface area contributed by atoms with Crippen molar-refractivity contribution in [1.82, 2.24) is 4.57 Å². The lowest BCUT2D eigenvalue weighted by molar-refractivity contribution is -0.131. The van der Waals surface area contributed by atoms with Gasteiger partial charge in [-0.1, -0.05) is 42.5 Å². The maximum atomic E-state index is 12.9. The smallest absolute Gasteiger partial charge is 0.308 e. The van der Waals surface area contributed by atoms with Gasteiger partial charge in [-0.2, -0.15) is 0 Å². The Hall–Kier alpha value is -3.14. The number of pyridine rings is 1. The summed E-state index contributed by atoms with van der Waals surface area (Å²) in [6.07, 6.45) is 3.60. The molecule has 0 aliphatic heterocycles. The van der Waals surface area contributed by atoms with Crippen molar-refractivity contribution in [2.45, 2.75) is 6.92 Å². The minimum Gasteiger partial charge on any atom is -0.427 e. The molecule has 0 saturated heterocycles. The number of ether oxygens (including phenoxy) is 1. The van der Waals surface area contributed by atoms with Crippen LogP contribution in [0.25, 0.3) is 22.3 Å². The van der Waals surface area contributed by atoms with Gasteiger partial charge in [0.05, 0.1) is 0 Å². The maximum absolute atomic E-state index is 12.9. The summed E-state index contributed by atoms with van der Waals surface area (Å²) in [7, 11) is 1.88. The Morgan fingerprint density at radius 3 is 2.21 bits per heavy atom. The standard InChI is InChI=1S/C20H17NO3/c1-14(22)24-17-10-6-9-16(11-17)19-13-21(2)12-18(20(19)23)15-7-4-3-5-8-15/h3-13H,1-2H3. The minimum atomic E-state index is -0.391.